The summed E-state index contributed by atoms with van der Waals surface area (Å²) < 4.78 is 29.8. The molecule has 0 saturated carbocycles. The molecule has 1 aliphatic heterocycles. The first-order valence-corrected chi connectivity index (χ1v) is 10.3. The quantitative estimate of drug-likeness (QED) is 0.532. The summed E-state index contributed by atoms with van der Waals surface area (Å²) >= 11 is 13.5. The maximum atomic E-state index is 13.1. The number of halogens is 2. The fraction of sp³-hybridized carbons (Fsp3) is 0.250. The van der Waals surface area contributed by atoms with E-state index in [1.807, 2.05) is 13.8 Å². The Bertz CT molecular complexity index is 755. The van der Waals surface area contributed by atoms with E-state index in [0.29, 0.717) is 31.3 Å². The molecule has 1 aliphatic rings. The Labute approximate surface area is 155 Å². The van der Waals surface area contributed by atoms with Gasteiger partial charge in [0.2, 0.25) is 0 Å². The predicted molar refractivity (Wildman–Crippen MR) is 96.7 cm³/mol. The second-order valence-corrected chi connectivity index (χ2v) is 9.08. The van der Waals surface area contributed by atoms with Crippen LogP contribution in [-0.2, 0) is 9.09 Å². The molecule has 0 radical (unpaired) electrons. The Kier molecular flexibility index (Phi) is 5.38. The van der Waals surface area contributed by atoms with Gasteiger partial charge in [0.05, 0.1) is 16.4 Å². The molecule has 2 aromatic carbocycles. The highest BCUT2D eigenvalue weighted by molar-refractivity contribution is 7.99. The summed E-state index contributed by atoms with van der Waals surface area (Å²) in [6, 6.07) is 10.1. The van der Waals surface area contributed by atoms with Gasteiger partial charge < -0.3 is 9.05 Å². The predicted octanol–water partition coefficient (Wildman–Crippen LogP) is 6.70. The van der Waals surface area contributed by atoms with E-state index in [2.05, 4.69) is 0 Å². The van der Waals surface area contributed by atoms with Gasteiger partial charge in [-0.25, -0.2) is 4.57 Å². The molecular weight excluding hydrogens is 390 g/mol. The van der Waals surface area contributed by atoms with Gasteiger partial charge in [-0.3, -0.25) is 4.52 Å². The number of fused-ring (bicyclic) bond motifs is 2. The fourth-order valence-corrected chi connectivity index (χ4v) is 5.00. The van der Waals surface area contributed by atoms with Crippen LogP contribution in [0.1, 0.15) is 13.8 Å². The SMILES string of the molecule is CC(C)COP1(=O)Oc2ccc(Cl)cc2Sc2cc(Cl)ccc2O1. The normalized spacial score (nSPS) is 15.5. The zero-order chi connectivity index (χ0) is 17.3. The minimum atomic E-state index is -3.83. The summed E-state index contributed by atoms with van der Waals surface area (Å²) in [6.07, 6.45) is 0. The summed E-state index contributed by atoms with van der Waals surface area (Å²) in [7, 11) is -3.83. The molecule has 0 atom stereocenters. The first-order valence-electron chi connectivity index (χ1n) is 7.25. The maximum absolute atomic E-state index is 13.1. The van der Waals surface area contributed by atoms with Crippen LogP contribution in [0.5, 0.6) is 11.5 Å². The van der Waals surface area contributed by atoms with Crippen molar-refractivity contribution in [2.45, 2.75) is 23.6 Å². The second-order valence-electron chi connectivity index (χ2n) is 5.60. The summed E-state index contributed by atoms with van der Waals surface area (Å²) in [5, 5.41) is 1.10. The second kappa shape index (κ2) is 7.19. The van der Waals surface area contributed by atoms with Crippen molar-refractivity contribution in [1.82, 2.24) is 0 Å². The molecule has 0 N–H and O–H groups in total. The molecule has 0 fully saturated rings. The number of rotatable bonds is 3. The Hall–Kier alpha value is -0.840. The Morgan fingerprint density at radius 3 is 2.00 bits per heavy atom. The first kappa shape index (κ1) is 18.0. The average Bonchev–Trinajstić information content (AvgIpc) is 2.50. The summed E-state index contributed by atoms with van der Waals surface area (Å²) in [5.41, 5.74) is 0. The van der Waals surface area contributed by atoms with Crippen LogP contribution in [0.3, 0.4) is 0 Å². The fourth-order valence-electron chi connectivity index (χ4n) is 1.95. The average molecular weight is 405 g/mol. The van der Waals surface area contributed by atoms with Crippen LogP contribution >= 0.6 is 42.8 Å². The number of hydrogen-bond donors (Lipinski definition) is 0. The van der Waals surface area contributed by atoms with E-state index < -0.39 is 7.82 Å². The first-order chi connectivity index (χ1) is 11.3. The highest BCUT2D eigenvalue weighted by Gasteiger charge is 2.35. The Morgan fingerprint density at radius 1 is 1.04 bits per heavy atom. The van der Waals surface area contributed by atoms with Crippen molar-refractivity contribution in [3.63, 3.8) is 0 Å². The zero-order valence-electron chi connectivity index (χ0n) is 13.0. The lowest BCUT2D eigenvalue weighted by molar-refractivity contribution is 0.186. The van der Waals surface area contributed by atoms with E-state index in [4.69, 9.17) is 36.8 Å². The lowest BCUT2D eigenvalue weighted by Gasteiger charge is -2.24. The largest absolute Gasteiger partial charge is 0.587 e. The number of phosphoric ester groups is 1. The van der Waals surface area contributed by atoms with Crippen LogP contribution < -0.4 is 9.05 Å². The van der Waals surface area contributed by atoms with Crippen LogP contribution in [0, 0.1) is 5.92 Å². The van der Waals surface area contributed by atoms with Gasteiger partial charge in [0, 0.05) is 10.0 Å². The standard InChI is InChI=1S/C16H15Cl2O4PS/c1-10(2)9-20-23(19)21-13-5-3-11(17)7-15(13)24-16-8-12(18)4-6-14(16)22-23/h3-8,10H,9H2,1-2H3. The smallest absolute Gasteiger partial charge is 0.394 e. The molecule has 0 aliphatic carbocycles. The molecule has 0 aromatic heterocycles. The van der Waals surface area contributed by atoms with Gasteiger partial charge >= 0.3 is 7.82 Å². The van der Waals surface area contributed by atoms with Crippen molar-refractivity contribution in [2.75, 3.05) is 6.61 Å². The van der Waals surface area contributed by atoms with Gasteiger partial charge in [-0.15, -0.1) is 0 Å². The molecule has 2 aromatic rings. The third-order valence-corrected chi connectivity index (χ3v) is 5.87. The molecule has 0 saturated heterocycles. The van der Waals surface area contributed by atoms with Crippen molar-refractivity contribution in [3.05, 3.63) is 46.4 Å². The lowest BCUT2D eigenvalue weighted by atomic mass is 10.2. The summed E-state index contributed by atoms with van der Waals surface area (Å²) in [6.45, 7) is 4.15. The van der Waals surface area contributed by atoms with Crippen LogP contribution in [-0.4, -0.2) is 6.61 Å². The molecule has 0 unspecified atom stereocenters. The molecule has 4 nitrogen and oxygen atoms in total. The number of hydrogen-bond acceptors (Lipinski definition) is 5. The van der Waals surface area contributed by atoms with Crippen molar-refractivity contribution in [2.24, 2.45) is 5.92 Å². The van der Waals surface area contributed by atoms with Crippen LogP contribution in [0.2, 0.25) is 10.0 Å². The third-order valence-electron chi connectivity index (χ3n) is 3.02. The molecule has 8 heteroatoms. The molecule has 1 heterocycles. The molecule has 128 valence electrons. The minimum Gasteiger partial charge on any atom is -0.394 e. The van der Waals surface area contributed by atoms with E-state index in [1.54, 1.807) is 36.4 Å². The van der Waals surface area contributed by atoms with Crippen molar-refractivity contribution in [1.29, 1.82) is 0 Å². The Morgan fingerprint density at radius 2 is 1.54 bits per heavy atom. The highest BCUT2D eigenvalue weighted by Crippen LogP contribution is 2.56. The zero-order valence-corrected chi connectivity index (χ0v) is 16.2. The van der Waals surface area contributed by atoms with Crippen molar-refractivity contribution >= 4 is 42.8 Å². The van der Waals surface area contributed by atoms with Gasteiger partial charge in [-0.05, 0) is 42.3 Å². The van der Waals surface area contributed by atoms with E-state index in [1.165, 1.54) is 11.8 Å². The van der Waals surface area contributed by atoms with E-state index in [-0.39, 0.29) is 12.5 Å². The van der Waals surface area contributed by atoms with Crippen LogP contribution in [0.15, 0.2) is 46.2 Å². The topological polar surface area (TPSA) is 44.8 Å². The Balaban J connectivity index is 2.07. The van der Waals surface area contributed by atoms with E-state index in [9.17, 15) is 4.57 Å². The van der Waals surface area contributed by atoms with Gasteiger partial charge in [-0.1, -0.05) is 48.8 Å². The summed E-state index contributed by atoms with van der Waals surface area (Å²) in [5.74, 6) is 0.960. The third kappa shape index (κ3) is 4.22. The molecular formula is C16H15Cl2O4PS. The van der Waals surface area contributed by atoms with E-state index >= 15 is 0 Å². The number of benzene rings is 2. The molecule has 3 rings (SSSR count). The molecule has 0 bridgehead atoms. The summed E-state index contributed by atoms with van der Waals surface area (Å²) in [4.78, 5) is 1.42. The number of phosphoric acid groups is 1. The van der Waals surface area contributed by atoms with Crippen molar-refractivity contribution in [3.8, 4) is 11.5 Å². The van der Waals surface area contributed by atoms with Crippen LogP contribution in [0.25, 0.3) is 0 Å². The highest BCUT2D eigenvalue weighted by atomic mass is 35.5. The molecule has 24 heavy (non-hydrogen) atoms. The van der Waals surface area contributed by atoms with Crippen molar-refractivity contribution < 1.29 is 18.1 Å². The minimum absolute atomic E-state index is 0.178. The van der Waals surface area contributed by atoms with Gasteiger partial charge in [0.1, 0.15) is 11.5 Å². The monoisotopic (exact) mass is 404 g/mol. The van der Waals surface area contributed by atoms with Crippen LogP contribution in [0.4, 0.5) is 0 Å². The van der Waals surface area contributed by atoms with Gasteiger partial charge in [0.15, 0.2) is 0 Å². The van der Waals surface area contributed by atoms with Gasteiger partial charge in [-0.2, -0.15) is 0 Å². The van der Waals surface area contributed by atoms with E-state index in [0.717, 1.165) is 0 Å². The molecule has 0 spiro atoms. The maximum Gasteiger partial charge on any atom is 0.587 e. The molecule has 0 amide bonds. The lowest BCUT2D eigenvalue weighted by Crippen LogP contribution is -2.10. The van der Waals surface area contributed by atoms with Gasteiger partial charge in [0.25, 0.3) is 0 Å².